The van der Waals surface area contributed by atoms with E-state index in [1.54, 1.807) is 13.3 Å². The van der Waals surface area contributed by atoms with Crippen LogP contribution in [0.15, 0.2) is 16.9 Å². The van der Waals surface area contributed by atoms with Gasteiger partial charge >= 0.3 is 0 Å². The predicted octanol–water partition coefficient (Wildman–Crippen LogP) is 2.90. The van der Waals surface area contributed by atoms with Gasteiger partial charge in [0, 0.05) is 18.1 Å². The lowest BCUT2D eigenvalue weighted by molar-refractivity contribution is -0.0368. The van der Waals surface area contributed by atoms with E-state index < -0.39 is 0 Å². The van der Waals surface area contributed by atoms with E-state index in [1.165, 1.54) is 6.42 Å². The van der Waals surface area contributed by atoms with Gasteiger partial charge in [-0.2, -0.15) is 5.10 Å². The zero-order chi connectivity index (χ0) is 12.5. The summed E-state index contributed by atoms with van der Waals surface area (Å²) in [6.45, 7) is 0.799. The number of aromatic nitrogens is 3. The summed E-state index contributed by atoms with van der Waals surface area (Å²) in [6, 6.07) is 1.88. The molecule has 1 fully saturated rings. The van der Waals surface area contributed by atoms with Gasteiger partial charge in [-0.1, -0.05) is 0 Å². The first-order chi connectivity index (χ1) is 8.79. The Labute approximate surface area is 113 Å². The van der Waals surface area contributed by atoms with Crippen LogP contribution in [-0.4, -0.2) is 28.5 Å². The first-order valence-electron chi connectivity index (χ1n) is 5.99. The maximum Gasteiger partial charge on any atom is 0.213 e. The van der Waals surface area contributed by atoms with E-state index in [2.05, 4.69) is 26.0 Å². The number of rotatable bonds is 2. The van der Waals surface area contributed by atoms with Crippen molar-refractivity contribution in [3.8, 4) is 5.88 Å². The summed E-state index contributed by atoms with van der Waals surface area (Å²) in [6.07, 6.45) is 5.10. The minimum absolute atomic E-state index is 0.0164. The second kappa shape index (κ2) is 4.85. The predicted molar refractivity (Wildman–Crippen MR) is 70.6 cm³/mol. The van der Waals surface area contributed by atoms with E-state index in [-0.39, 0.29) is 6.23 Å². The van der Waals surface area contributed by atoms with E-state index >= 15 is 0 Å². The monoisotopic (exact) mass is 311 g/mol. The Bertz CT molecular complexity index is 564. The van der Waals surface area contributed by atoms with Crippen molar-refractivity contribution in [1.29, 1.82) is 0 Å². The molecule has 0 bridgehead atoms. The van der Waals surface area contributed by atoms with E-state index in [0.717, 1.165) is 35.0 Å². The van der Waals surface area contributed by atoms with Crippen LogP contribution in [0.2, 0.25) is 0 Å². The molecule has 2 aromatic rings. The van der Waals surface area contributed by atoms with Crippen LogP contribution < -0.4 is 4.74 Å². The molecule has 18 heavy (non-hydrogen) atoms. The molecule has 6 heteroatoms. The number of halogens is 1. The van der Waals surface area contributed by atoms with Crippen molar-refractivity contribution in [2.45, 2.75) is 25.5 Å². The second-order valence-corrected chi connectivity index (χ2v) is 5.05. The Hall–Kier alpha value is -1.14. The van der Waals surface area contributed by atoms with Gasteiger partial charge in [-0.25, -0.2) is 9.67 Å². The lowest BCUT2D eigenvalue weighted by atomic mass is 10.2. The maximum atomic E-state index is 5.76. The van der Waals surface area contributed by atoms with Gasteiger partial charge in [0.05, 0.1) is 18.8 Å². The van der Waals surface area contributed by atoms with Gasteiger partial charge in [0.1, 0.15) is 4.60 Å². The third-order valence-electron chi connectivity index (χ3n) is 3.16. The molecule has 3 rings (SSSR count). The minimum Gasteiger partial charge on any atom is -0.481 e. The highest BCUT2D eigenvalue weighted by Gasteiger charge is 2.20. The molecular weight excluding hydrogens is 298 g/mol. The fraction of sp³-hybridized carbons (Fsp3) is 0.500. The standard InChI is InChI=1S/C12H14BrN3O2/c1-17-10-6-8-9(7-14-10)16(15-12(8)13)11-4-2-3-5-18-11/h6-7,11H,2-5H2,1H3. The number of hydrogen-bond donors (Lipinski definition) is 0. The largest absolute Gasteiger partial charge is 0.481 e. The van der Waals surface area contributed by atoms with Gasteiger partial charge in [-0.3, -0.25) is 0 Å². The lowest BCUT2D eigenvalue weighted by Gasteiger charge is -2.23. The number of methoxy groups -OCH3 is 1. The fourth-order valence-corrected chi connectivity index (χ4v) is 2.72. The van der Waals surface area contributed by atoms with Gasteiger partial charge in [0.25, 0.3) is 0 Å². The van der Waals surface area contributed by atoms with Crippen molar-refractivity contribution in [2.75, 3.05) is 13.7 Å². The second-order valence-electron chi connectivity index (χ2n) is 4.30. The summed E-state index contributed by atoms with van der Waals surface area (Å²) in [5, 5.41) is 5.50. The molecule has 1 saturated heterocycles. The molecule has 3 heterocycles. The number of fused-ring (bicyclic) bond motifs is 1. The molecule has 0 amide bonds. The summed E-state index contributed by atoms with van der Waals surface area (Å²) in [4.78, 5) is 4.23. The molecule has 1 unspecified atom stereocenters. The van der Waals surface area contributed by atoms with Gasteiger partial charge in [0.2, 0.25) is 5.88 Å². The molecule has 0 radical (unpaired) electrons. The topological polar surface area (TPSA) is 49.2 Å². The van der Waals surface area contributed by atoms with Crippen LogP contribution in [0, 0.1) is 0 Å². The molecule has 0 aliphatic carbocycles. The van der Waals surface area contributed by atoms with Crippen molar-refractivity contribution in [3.05, 3.63) is 16.9 Å². The smallest absolute Gasteiger partial charge is 0.213 e. The van der Waals surface area contributed by atoms with Gasteiger partial charge in [0.15, 0.2) is 6.23 Å². The van der Waals surface area contributed by atoms with E-state index in [1.807, 2.05) is 10.7 Å². The van der Waals surface area contributed by atoms with E-state index in [4.69, 9.17) is 9.47 Å². The van der Waals surface area contributed by atoms with Crippen LogP contribution in [0.25, 0.3) is 10.9 Å². The van der Waals surface area contributed by atoms with Crippen LogP contribution in [0.1, 0.15) is 25.5 Å². The SMILES string of the molecule is COc1cc2c(Br)nn(C3CCCCO3)c2cn1. The molecule has 0 saturated carbocycles. The number of hydrogen-bond acceptors (Lipinski definition) is 4. The fourth-order valence-electron chi connectivity index (χ4n) is 2.23. The molecule has 1 aliphatic rings. The minimum atomic E-state index is 0.0164. The summed E-state index contributed by atoms with van der Waals surface area (Å²) < 4.78 is 13.6. The normalized spacial score (nSPS) is 20.2. The average molecular weight is 312 g/mol. The molecule has 2 aromatic heterocycles. The van der Waals surface area contributed by atoms with Gasteiger partial charge < -0.3 is 9.47 Å². The van der Waals surface area contributed by atoms with Crippen LogP contribution in [0.4, 0.5) is 0 Å². The lowest BCUT2D eigenvalue weighted by Crippen LogP contribution is -2.19. The summed E-state index contributed by atoms with van der Waals surface area (Å²) in [5.41, 5.74) is 0.967. The molecule has 0 spiro atoms. The molecule has 1 atom stereocenters. The van der Waals surface area contributed by atoms with Gasteiger partial charge in [-0.15, -0.1) is 0 Å². The summed E-state index contributed by atoms with van der Waals surface area (Å²) in [5.74, 6) is 0.590. The molecule has 0 aromatic carbocycles. The highest BCUT2D eigenvalue weighted by atomic mass is 79.9. The Balaban J connectivity index is 2.07. The summed E-state index contributed by atoms with van der Waals surface area (Å²) in [7, 11) is 1.61. The average Bonchev–Trinajstić information content (AvgIpc) is 2.77. The number of pyridine rings is 1. The third kappa shape index (κ3) is 1.99. The Morgan fingerprint density at radius 1 is 1.50 bits per heavy atom. The molecular formula is C12H14BrN3O2. The number of nitrogens with zero attached hydrogens (tertiary/aromatic N) is 3. The Morgan fingerprint density at radius 3 is 3.11 bits per heavy atom. The Kier molecular flexibility index (Phi) is 3.22. The highest BCUT2D eigenvalue weighted by Crippen LogP contribution is 2.31. The van der Waals surface area contributed by atoms with Gasteiger partial charge in [-0.05, 0) is 35.2 Å². The van der Waals surface area contributed by atoms with E-state index in [9.17, 15) is 0 Å². The van der Waals surface area contributed by atoms with E-state index in [0.29, 0.717) is 5.88 Å². The first kappa shape index (κ1) is 11.9. The zero-order valence-corrected chi connectivity index (χ0v) is 11.7. The van der Waals surface area contributed by atoms with Crippen molar-refractivity contribution >= 4 is 26.8 Å². The van der Waals surface area contributed by atoms with Crippen molar-refractivity contribution in [1.82, 2.24) is 14.8 Å². The molecule has 1 aliphatic heterocycles. The zero-order valence-electron chi connectivity index (χ0n) is 10.1. The van der Waals surface area contributed by atoms with Crippen LogP contribution in [0.5, 0.6) is 5.88 Å². The molecule has 5 nitrogen and oxygen atoms in total. The van der Waals surface area contributed by atoms with Crippen molar-refractivity contribution < 1.29 is 9.47 Å². The first-order valence-corrected chi connectivity index (χ1v) is 6.78. The van der Waals surface area contributed by atoms with Crippen LogP contribution >= 0.6 is 15.9 Å². The highest BCUT2D eigenvalue weighted by molar-refractivity contribution is 9.10. The molecule has 96 valence electrons. The maximum absolute atomic E-state index is 5.76. The quantitative estimate of drug-likeness (QED) is 0.855. The molecule has 0 N–H and O–H groups in total. The summed E-state index contributed by atoms with van der Waals surface area (Å²) >= 11 is 3.48. The van der Waals surface area contributed by atoms with Crippen LogP contribution in [-0.2, 0) is 4.74 Å². The number of ether oxygens (including phenoxy) is 2. The van der Waals surface area contributed by atoms with Crippen molar-refractivity contribution in [2.24, 2.45) is 0 Å². The van der Waals surface area contributed by atoms with Crippen LogP contribution in [0.3, 0.4) is 0 Å². The Morgan fingerprint density at radius 2 is 2.39 bits per heavy atom. The third-order valence-corrected chi connectivity index (χ3v) is 3.75. The van der Waals surface area contributed by atoms with Crippen molar-refractivity contribution in [3.63, 3.8) is 0 Å².